The van der Waals surface area contributed by atoms with Crippen molar-refractivity contribution in [2.75, 3.05) is 39.3 Å². The van der Waals surface area contributed by atoms with Crippen LogP contribution in [0.4, 0.5) is 4.39 Å². The molecule has 0 aliphatic carbocycles. The number of benzene rings is 1. The monoisotopic (exact) mass is 310 g/mol. The van der Waals surface area contributed by atoms with Gasteiger partial charge >= 0.3 is 0 Å². The third-order valence-corrected chi connectivity index (χ3v) is 4.13. The predicted octanol–water partition coefficient (Wildman–Crippen LogP) is 1.73. The molecular formula is C17H27FN2O2. The Labute approximate surface area is 132 Å². The lowest BCUT2D eigenvalue weighted by Crippen LogP contribution is -2.50. The van der Waals surface area contributed by atoms with Crippen LogP contribution in [0.5, 0.6) is 0 Å². The summed E-state index contributed by atoms with van der Waals surface area (Å²) >= 11 is 0. The summed E-state index contributed by atoms with van der Waals surface area (Å²) in [6.45, 7) is 9.50. The van der Waals surface area contributed by atoms with Crippen LogP contribution in [0.25, 0.3) is 0 Å². The van der Waals surface area contributed by atoms with Crippen molar-refractivity contribution in [1.29, 1.82) is 0 Å². The molecule has 1 aromatic rings. The maximum absolute atomic E-state index is 13.4. The largest absolute Gasteiger partial charge is 0.389 e. The summed E-state index contributed by atoms with van der Waals surface area (Å²) in [5.74, 6) is -0.262. The average Bonchev–Trinajstić information content (AvgIpc) is 2.50. The number of nitrogens with zero attached hydrogens (tertiary/aromatic N) is 2. The molecule has 1 heterocycles. The van der Waals surface area contributed by atoms with E-state index >= 15 is 0 Å². The number of rotatable bonds is 7. The standard InChI is InChI=1S/C17H27FN2O2/c1-14(2)20-9-7-19(8-10-20)11-16(21)13-22-12-15-5-3-4-6-17(15)18/h3-6,14,16,21H,7-13H2,1-2H3. The van der Waals surface area contributed by atoms with Gasteiger partial charge in [0.1, 0.15) is 5.82 Å². The highest BCUT2D eigenvalue weighted by Crippen LogP contribution is 2.09. The summed E-state index contributed by atoms with van der Waals surface area (Å²) in [7, 11) is 0. The number of aliphatic hydroxyl groups is 1. The van der Waals surface area contributed by atoms with Crippen LogP contribution >= 0.6 is 0 Å². The van der Waals surface area contributed by atoms with E-state index in [1.165, 1.54) is 6.07 Å². The maximum atomic E-state index is 13.4. The summed E-state index contributed by atoms with van der Waals surface area (Å²) in [6, 6.07) is 7.14. The van der Waals surface area contributed by atoms with Crippen molar-refractivity contribution >= 4 is 0 Å². The molecule has 1 aromatic carbocycles. The molecule has 1 atom stereocenters. The Morgan fingerprint density at radius 2 is 1.86 bits per heavy atom. The van der Waals surface area contributed by atoms with E-state index < -0.39 is 6.10 Å². The zero-order chi connectivity index (χ0) is 15.9. The van der Waals surface area contributed by atoms with E-state index in [0.29, 0.717) is 18.2 Å². The fourth-order valence-electron chi connectivity index (χ4n) is 2.73. The van der Waals surface area contributed by atoms with Gasteiger partial charge in [0.25, 0.3) is 0 Å². The average molecular weight is 310 g/mol. The van der Waals surface area contributed by atoms with Gasteiger partial charge in [0.05, 0.1) is 19.3 Å². The minimum absolute atomic E-state index is 0.199. The highest BCUT2D eigenvalue weighted by atomic mass is 19.1. The molecule has 2 rings (SSSR count). The van der Waals surface area contributed by atoms with Crippen LogP contribution in [0.15, 0.2) is 24.3 Å². The first-order valence-electron chi connectivity index (χ1n) is 8.02. The summed E-state index contributed by atoms with van der Waals surface area (Å²) in [5.41, 5.74) is 0.528. The van der Waals surface area contributed by atoms with E-state index in [2.05, 4.69) is 23.6 Å². The fourth-order valence-corrected chi connectivity index (χ4v) is 2.73. The van der Waals surface area contributed by atoms with Crippen molar-refractivity contribution in [3.05, 3.63) is 35.6 Å². The lowest BCUT2D eigenvalue weighted by atomic mass is 10.2. The normalized spacial score (nSPS) is 18.8. The summed E-state index contributed by atoms with van der Waals surface area (Å²) in [6.07, 6.45) is -0.530. The van der Waals surface area contributed by atoms with Crippen LogP contribution in [0.3, 0.4) is 0 Å². The smallest absolute Gasteiger partial charge is 0.128 e. The molecule has 1 aliphatic heterocycles. The van der Waals surface area contributed by atoms with Gasteiger partial charge in [-0.15, -0.1) is 0 Å². The van der Waals surface area contributed by atoms with Crippen LogP contribution in [-0.4, -0.2) is 66.4 Å². The minimum Gasteiger partial charge on any atom is -0.389 e. The van der Waals surface area contributed by atoms with Crippen LogP contribution in [0.2, 0.25) is 0 Å². The Kier molecular flexibility index (Phi) is 6.76. The van der Waals surface area contributed by atoms with E-state index in [1.54, 1.807) is 18.2 Å². The molecule has 124 valence electrons. The SMILES string of the molecule is CC(C)N1CCN(CC(O)COCc2ccccc2F)CC1. The second-order valence-electron chi connectivity index (χ2n) is 6.19. The lowest BCUT2D eigenvalue weighted by molar-refractivity contribution is -0.00130. The van der Waals surface area contributed by atoms with Gasteiger partial charge in [-0.2, -0.15) is 0 Å². The Morgan fingerprint density at radius 3 is 2.50 bits per heavy atom. The van der Waals surface area contributed by atoms with Gasteiger partial charge in [0, 0.05) is 44.3 Å². The van der Waals surface area contributed by atoms with Gasteiger partial charge in [-0.3, -0.25) is 9.80 Å². The molecule has 0 spiro atoms. The van der Waals surface area contributed by atoms with Gasteiger partial charge in [-0.05, 0) is 19.9 Å². The highest BCUT2D eigenvalue weighted by molar-refractivity contribution is 5.16. The molecule has 0 radical (unpaired) electrons. The second-order valence-corrected chi connectivity index (χ2v) is 6.19. The van der Waals surface area contributed by atoms with Gasteiger partial charge in [-0.1, -0.05) is 18.2 Å². The second kappa shape index (κ2) is 8.58. The van der Waals surface area contributed by atoms with E-state index in [4.69, 9.17) is 4.74 Å². The van der Waals surface area contributed by atoms with E-state index in [1.807, 2.05) is 0 Å². The summed E-state index contributed by atoms with van der Waals surface area (Å²) in [4.78, 5) is 4.70. The molecule has 0 saturated carbocycles. The summed E-state index contributed by atoms with van der Waals surface area (Å²) in [5, 5.41) is 10.0. The molecule has 1 fully saturated rings. The van der Waals surface area contributed by atoms with Crippen molar-refractivity contribution in [3.63, 3.8) is 0 Å². The molecule has 0 bridgehead atoms. The van der Waals surface area contributed by atoms with Crippen molar-refractivity contribution in [3.8, 4) is 0 Å². The first-order chi connectivity index (χ1) is 10.6. The molecule has 0 aromatic heterocycles. The molecule has 4 nitrogen and oxygen atoms in total. The molecule has 22 heavy (non-hydrogen) atoms. The lowest BCUT2D eigenvalue weighted by Gasteiger charge is -2.37. The third kappa shape index (κ3) is 5.32. The Balaban J connectivity index is 1.64. The molecule has 1 aliphatic rings. The number of ether oxygens (including phenoxy) is 1. The minimum atomic E-state index is -0.530. The van der Waals surface area contributed by atoms with E-state index in [0.717, 1.165) is 26.2 Å². The number of β-amino-alcohol motifs (C(OH)–C–C–N with tert-alkyl or cyclic N) is 1. The molecule has 1 unspecified atom stereocenters. The number of piperazine rings is 1. The molecule has 1 saturated heterocycles. The van der Waals surface area contributed by atoms with Crippen molar-refractivity contribution < 1.29 is 14.2 Å². The van der Waals surface area contributed by atoms with Crippen LogP contribution < -0.4 is 0 Å². The zero-order valence-corrected chi connectivity index (χ0v) is 13.5. The van der Waals surface area contributed by atoms with Gasteiger partial charge < -0.3 is 9.84 Å². The zero-order valence-electron chi connectivity index (χ0n) is 13.5. The molecule has 0 amide bonds. The van der Waals surface area contributed by atoms with Crippen molar-refractivity contribution in [2.24, 2.45) is 0 Å². The van der Waals surface area contributed by atoms with Gasteiger partial charge in [0.2, 0.25) is 0 Å². The first kappa shape index (κ1) is 17.3. The quantitative estimate of drug-likeness (QED) is 0.832. The van der Waals surface area contributed by atoms with Gasteiger partial charge in [0.15, 0.2) is 0 Å². The van der Waals surface area contributed by atoms with E-state index in [-0.39, 0.29) is 19.0 Å². The Hall–Kier alpha value is -1.01. The summed E-state index contributed by atoms with van der Waals surface area (Å²) < 4.78 is 18.9. The van der Waals surface area contributed by atoms with Gasteiger partial charge in [-0.25, -0.2) is 4.39 Å². The van der Waals surface area contributed by atoms with Crippen LogP contribution in [0.1, 0.15) is 19.4 Å². The Morgan fingerprint density at radius 1 is 1.18 bits per heavy atom. The molecule has 1 N–H and O–H groups in total. The third-order valence-electron chi connectivity index (χ3n) is 4.13. The number of halogens is 1. The molecular weight excluding hydrogens is 283 g/mol. The topological polar surface area (TPSA) is 35.9 Å². The number of hydrogen-bond donors (Lipinski definition) is 1. The Bertz CT molecular complexity index is 448. The number of hydrogen-bond acceptors (Lipinski definition) is 4. The van der Waals surface area contributed by atoms with Crippen LogP contribution in [-0.2, 0) is 11.3 Å². The fraction of sp³-hybridized carbons (Fsp3) is 0.647. The van der Waals surface area contributed by atoms with Crippen molar-refractivity contribution in [2.45, 2.75) is 32.6 Å². The van der Waals surface area contributed by atoms with Crippen LogP contribution in [0, 0.1) is 5.82 Å². The van der Waals surface area contributed by atoms with E-state index in [9.17, 15) is 9.50 Å². The maximum Gasteiger partial charge on any atom is 0.128 e. The number of aliphatic hydroxyl groups excluding tert-OH is 1. The molecule has 5 heteroatoms. The highest BCUT2D eigenvalue weighted by Gasteiger charge is 2.20. The predicted molar refractivity (Wildman–Crippen MR) is 85.2 cm³/mol. The first-order valence-corrected chi connectivity index (χ1v) is 8.02. The van der Waals surface area contributed by atoms with Crippen molar-refractivity contribution in [1.82, 2.24) is 9.80 Å².